The van der Waals surface area contributed by atoms with Gasteiger partial charge >= 0.3 is 5.97 Å². The minimum Gasteiger partial charge on any atom is -0.497 e. The predicted molar refractivity (Wildman–Crippen MR) is 131 cm³/mol. The monoisotopic (exact) mass is 546 g/mol. The average molecular weight is 548 g/mol. The molecule has 11 heteroatoms. The molecule has 0 fully saturated rings. The molecule has 1 aromatic heterocycles. The first-order chi connectivity index (χ1) is 15.9. The summed E-state index contributed by atoms with van der Waals surface area (Å²) in [7, 11) is 1.61. The lowest BCUT2D eigenvalue weighted by Crippen LogP contribution is -2.15. The second-order valence-electron chi connectivity index (χ2n) is 6.79. The molecule has 0 saturated heterocycles. The number of aromatic nitrogens is 3. The Hall–Kier alpha value is -3.08. The number of hydrogen-bond donors (Lipinski definition) is 2. The van der Waals surface area contributed by atoms with E-state index in [4.69, 9.17) is 21.4 Å². The highest BCUT2D eigenvalue weighted by Gasteiger charge is 2.17. The van der Waals surface area contributed by atoms with E-state index in [1.54, 1.807) is 7.11 Å². The number of carboxylic acid groups (broad SMARTS) is 1. The van der Waals surface area contributed by atoms with E-state index in [2.05, 4.69) is 31.4 Å². The summed E-state index contributed by atoms with van der Waals surface area (Å²) in [5, 5.41) is 22.6. The molecule has 3 aromatic carbocycles. The smallest absolute Gasteiger partial charge is 0.335 e. The van der Waals surface area contributed by atoms with E-state index in [0.717, 1.165) is 22.2 Å². The van der Waals surface area contributed by atoms with Crippen LogP contribution in [0.15, 0.2) is 64.5 Å². The van der Waals surface area contributed by atoms with Crippen molar-refractivity contribution in [2.75, 3.05) is 18.2 Å². The van der Waals surface area contributed by atoms with Crippen molar-refractivity contribution in [1.82, 2.24) is 14.8 Å². The van der Waals surface area contributed by atoms with Crippen LogP contribution in [-0.2, 0) is 4.79 Å². The van der Waals surface area contributed by atoms with Crippen LogP contribution in [-0.4, -0.2) is 44.6 Å². The molecular weight excluding hydrogens is 532 g/mol. The highest BCUT2D eigenvalue weighted by atomic mass is 79.9. The molecule has 8 nitrogen and oxygen atoms in total. The summed E-state index contributed by atoms with van der Waals surface area (Å²) >= 11 is 10.7. The number of nitrogens with one attached hydrogen (secondary N) is 1. The number of methoxy groups -OCH3 is 1. The summed E-state index contributed by atoms with van der Waals surface area (Å²) in [6, 6.07) is 15.8. The van der Waals surface area contributed by atoms with E-state index >= 15 is 0 Å². The van der Waals surface area contributed by atoms with Crippen molar-refractivity contribution in [3.05, 3.63) is 69.9 Å². The molecule has 1 amide bonds. The Balaban J connectivity index is 1.56. The fourth-order valence-corrected chi connectivity index (χ4v) is 4.70. The predicted octanol–water partition coefficient (Wildman–Crippen LogP) is 5.27. The molecular formula is C22H16BrClN4O4S. The number of carbonyl (C=O) groups excluding carboxylic acids is 1. The van der Waals surface area contributed by atoms with E-state index in [9.17, 15) is 9.59 Å². The number of ether oxygens (including phenoxy) is 1. The van der Waals surface area contributed by atoms with Crippen LogP contribution >= 0.6 is 39.3 Å². The average Bonchev–Trinajstić information content (AvgIpc) is 3.18. The zero-order valence-electron chi connectivity index (χ0n) is 17.1. The van der Waals surface area contributed by atoms with Crippen molar-refractivity contribution in [1.29, 1.82) is 0 Å². The number of halogens is 2. The van der Waals surface area contributed by atoms with Gasteiger partial charge in [-0.2, -0.15) is 0 Å². The highest BCUT2D eigenvalue weighted by molar-refractivity contribution is 9.10. The van der Waals surface area contributed by atoms with Gasteiger partial charge in [0.1, 0.15) is 5.75 Å². The van der Waals surface area contributed by atoms with Crippen molar-refractivity contribution in [3.8, 4) is 11.4 Å². The van der Waals surface area contributed by atoms with Gasteiger partial charge in [0.05, 0.1) is 34.8 Å². The van der Waals surface area contributed by atoms with Crippen LogP contribution in [0.25, 0.3) is 16.5 Å². The number of fused-ring (bicyclic) bond motifs is 1. The number of benzene rings is 3. The Morgan fingerprint density at radius 3 is 2.73 bits per heavy atom. The van der Waals surface area contributed by atoms with Crippen molar-refractivity contribution >= 4 is 67.6 Å². The van der Waals surface area contributed by atoms with Gasteiger partial charge in [-0.1, -0.05) is 41.6 Å². The standard InChI is InChI=1S/C22H16BrClN4O4S/c1-32-14-7-5-12-3-2-4-18(15(12)10-14)28-21(23)26-27-22(28)33-11-19(29)25-17-8-6-13(20(30)31)9-16(17)24/h2-10H,11H2,1H3,(H,25,29)(H,30,31). The van der Waals surface area contributed by atoms with Crippen LogP contribution in [0.4, 0.5) is 5.69 Å². The van der Waals surface area contributed by atoms with Gasteiger partial charge in [-0.3, -0.25) is 9.36 Å². The molecule has 0 radical (unpaired) electrons. The normalized spacial score (nSPS) is 10.9. The third-order valence-electron chi connectivity index (χ3n) is 4.72. The van der Waals surface area contributed by atoms with E-state index in [1.165, 1.54) is 30.0 Å². The SMILES string of the molecule is COc1ccc2cccc(-n3c(Br)nnc3SCC(=O)Nc3ccc(C(=O)O)cc3Cl)c2c1. The molecule has 1 heterocycles. The van der Waals surface area contributed by atoms with Crippen LogP contribution in [0, 0.1) is 0 Å². The Morgan fingerprint density at radius 1 is 1.18 bits per heavy atom. The van der Waals surface area contributed by atoms with Gasteiger partial charge in [0, 0.05) is 5.39 Å². The molecule has 33 heavy (non-hydrogen) atoms. The summed E-state index contributed by atoms with van der Waals surface area (Å²) in [5.74, 6) is -0.661. The maximum absolute atomic E-state index is 12.5. The molecule has 0 saturated carbocycles. The molecule has 0 spiro atoms. The topological polar surface area (TPSA) is 106 Å². The number of nitrogens with zero attached hydrogens (tertiary/aromatic N) is 3. The number of amides is 1. The van der Waals surface area contributed by atoms with Crippen molar-refractivity contribution in [2.45, 2.75) is 5.16 Å². The van der Waals surface area contributed by atoms with Gasteiger partial charge in [0.15, 0.2) is 5.16 Å². The quantitative estimate of drug-likeness (QED) is 0.303. The van der Waals surface area contributed by atoms with Gasteiger partial charge in [-0.25, -0.2) is 4.79 Å². The Morgan fingerprint density at radius 2 is 2.00 bits per heavy atom. The van der Waals surface area contributed by atoms with Gasteiger partial charge < -0.3 is 15.2 Å². The number of aromatic carboxylic acids is 1. The second-order valence-corrected chi connectivity index (χ2v) is 8.85. The van der Waals surface area contributed by atoms with E-state index in [0.29, 0.717) is 15.6 Å². The number of carboxylic acids is 1. The van der Waals surface area contributed by atoms with Crippen molar-refractivity contribution in [2.24, 2.45) is 0 Å². The molecule has 0 aliphatic carbocycles. The van der Waals surface area contributed by atoms with E-state index < -0.39 is 5.97 Å². The molecule has 4 rings (SSSR count). The highest BCUT2D eigenvalue weighted by Crippen LogP contribution is 2.32. The molecule has 0 aliphatic heterocycles. The summed E-state index contributed by atoms with van der Waals surface area (Å²) < 4.78 is 7.67. The summed E-state index contributed by atoms with van der Waals surface area (Å²) in [4.78, 5) is 23.6. The molecule has 0 atom stereocenters. The number of thioether (sulfide) groups is 1. The minimum absolute atomic E-state index is 0.0379. The van der Waals surface area contributed by atoms with Crippen molar-refractivity contribution < 1.29 is 19.4 Å². The second kappa shape index (κ2) is 9.82. The number of rotatable bonds is 7. The van der Waals surface area contributed by atoms with Gasteiger partial charge in [0.2, 0.25) is 10.6 Å². The van der Waals surface area contributed by atoms with Gasteiger partial charge in [-0.15, -0.1) is 10.2 Å². The number of anilines is 1. The van der Waals surface area contributed by atoms with E-state index in [1.807, 2.05) is 41.0 Å². The molecule has 0 aliphatic rings. The third-order valence-corrected chi connectivity index (χ3v) is 6.48. The van der Waals surface area contributed by atoms with E-state index in [-0.39, 0.29) is 22.2 Å². The number of hydrogen-bond acceptors (Lipinski definition) is 6. The molecule has 168 valence electrons. The van der Waals surface area contributed by atoms with Crippen LogP contribution in [0.1, 0.15) is 10.4 Å². The zero-order valence-corrected chi connectivity index (χ0v) is 20.2. The Labute approximate surface area is 206 Å². The lowest BCUT2D eigenvalue weighted by molar-refractivity contribution is -0.113. The molecule has 2 N–H and O–H groups in total. The van der Waals surface area contributed by atoms with Crippen LogP contribution in [0.3, 0.4) is 0 Å². The first-order valence-electron chi connectivity index (χ1n) is 9.51. The van der Waals surface area contributed by atoms with Gasteiger partial charge in [-0.05, 0) is 57.7 Å². The third kappa shape index (κ3) is 4.97. The molecule has 0 unspecified atom stereocenters. The van der Waals surface area contributed by atoms with Crippen LogP contribution < -0.4 is 10.1 Å². The number of carbonyl (C=O) groups is 2. The van der Waals surface area contributed by atoms with Crippen molar-refractivity contribution in [3.63, 3.8) is 0 Å². The first-order valence-corrected chi connectivity index (χ1v) is 11.7. The fraction of sp³-hybridized carbons (Fsp3) is 0.0909. The minimum atomic E-state index is -1.10. The maximum Gasteiger partial charge on any atom is 0.335 e. The first kappa shape index (κ1) is 23.1. The largest absolute Gasteiger partial charge is 0.497 e. The Kier molecular flexibility index (Phi) is 6.87. The lowest BCUT2D eigenvalue weighted by Gasteiger charge is -2.12. The Bertz CT molecular complexity index is 1380. The summed E-state index contributed by atoms with van der Waals surface area (Å²) in [6.07, 6.45) is 0. The van der Waals surface area contributed by atoms with Crippen LogP contribution in [0.5, 0.6) is 5.75 Å². The van der Waals surface area contributed by atoms with Gasteiger partial charge in [0.25, 0.3) is 0 Å². The zero-order chi connectivity index (χ0) is 23.5. The molecule has 0 bridgehead atoms. The lowest BCUT2D eigenvalue weighted by atomic mass is 10.1. The fourth-order valence-electron chi connectivity index (χ4n) is 3.17. The maximum atomic E-state index is 12.5. The summed E-state index contributed by atoms with van der Waals surface area (Å²) in [5.41, 5.74) is 1.20. The molecule has 4 aromatic rings. The van der Waals surface area contributed by atoms with Crippen LogP contribution in [0.2, 0.25) is 5.02 Å². The summed E-state index contributed by atoms with van der Waals surface area (Å²) in [6.45, 7) is 0.